The summed E-state index contributed by atoms with van der Waals surface area (Å²) in [6.07, 6.45) is 0.727. The molecule has 0 aliphatic carbocycles. The van der Waals surface area contributed by atoms with E-state index in [4.69, 9.17) is 5.84 Å². The van der Waals surface area contributed by atoms with E-state index in [1.165, 1.54) is 6.07 Å². The van der Waals surface area contributed by atoms with Gasteiger partial charge in [0.25, 0.3) is 0 Å². The van der Waals surface area contributed by atoms with Crippen molar-refractivity contribution in [2.45, 2.75) is 33.2 Å². The van der Waals surface area contributed by atoms with Gasteiger partial charge in [-0.2, -0.15) is 0 Å². The third kappa shape index (κ3) is 3.18. The van der Waals surface area contributed by atoms with Crippen LogP contribution in [0.3, 0.4) is 0 Å². The van der Waals surface area contributed by atoms with E-state index in [-0.39, 0.29) is 11.9 Å². The number of thiazole rings is 1. The fourth-order valence-electron chi connectivity index (χ4n) is 2.21. The average Bonchev–Trinajstić information content (AvgIpc) is 2.68. The zero-order valence-electron chi connectivity index (χ0n) is 11.3. The van der Waals surface area contributed by atoms with Gasteiger partial charge in [0.1, 0.15) is 5.82 Å². The van der Waals surface area contributed by atoms with Gasteiger partial charge >= 0.3 is 0 Å². The minimum absolute atomic E-state index is 0.00959. The van der Waals surface area contributed by atoms with Crippen molar-refractivity contribution < 1.29 is 4.39 Å². The van der Waals surface area contributed by atoms with E-state index < -0.39 is 0 Å². The third-order valence-corrected chi connectivity index (χ3v) is 4.37. The number of hydrazine groups is 1. The van der Waals surface area contributed by atoms with Gasteiger partial charge < -0.3 is 0 Å². The van der Waals surface area contributed by atoms with E-state index in [1.54, 1.807) is 17.4 Å². The summed E-state index contributed by atoms with van der Waals surface area (Å²) in [7, 11) is 0. The Labute approximate surface area is 116 Å². The van der Waals surface area contributed by atoms with Gasteiger partial charge in [-0.3, -0.25) is 11.3 Å². The molecular formula is C14H18FN3S. The summed E-state index contributed by atoms with van der Waals surface area (Å²) in [4.78, 5) is 5.56. The number of aromatic nitrogens is 1. The summed E-state index contributed by atoms with van der Waals surface area (Å²) < 4.78 is 13.1. The first-order chi connectivity index (χ1) is 9.01. The van der Waals surface area contributed by atoms with Crippen LogP contribution in [0.1, 0.15) is 32.7 Å². The Balaban J connectivity index is 2.26. The first kappa shape index (κ1) is 14.1. The summed E-state index contributed by atoms with van der Waals surface area (Å²) in [5, 5.41) is 1.03. The smallest absolute Gasteiger partial charge is 0.123 e. The molecule has 0 radical (unpaired) electrons. The molecule has 5 heteroatoms. The normalized spacial score (nSPS) is 12.7. The average molecular weight is 279 g/mol. The van der Waals surface area contributed by atoms with Gasteiger partial charge in [-0.05, 0) is 50.5 Å². The molecule has 1 aromatic carbocycles. The maximum atomic E-state index is 13.1. The Bertz CT molecular complexity index is 580. The molecule has 1 atom stereocenters. The van der Waals surface area contributed by atoms with Crippen LogP contribution in [0.2, 0.25) is 0 Å². The van der Waals surface area contributed by atoms with Gasteiger partial charge in [0.05, 0.1) is 16.7 Å². The van der Waals surface area contributed by atoms with Crippen molar-refractivity contribution in [2.24, 2.45) is 5.84 Å². The molecule has 0 aliphatic rings. The number of aryl methyl sites for hydroxylation is 3. The fourth-order valence-corrected chi connectivity index (χ4v) is 3.19. The van der Waals surface area contributed by atoms with Crippen LogP contribution in [0.25, 0.3) is 0 Å². The minimum Gasteiger partial charge on any atom is -0.271 e. The maximum Gasteiger partial charge on any atom is 0.123 e. The van der Waals surface area contributed by atoms with E-state index in [2.05, 4.69) is 10.4 Å². The van der Waals surface area contributed by atoms with Gasteiger partial charge in [0.15, 0.2) is 0 Å². The molecule has 1 heterocycles. The quantitative estimate of drug-likeness (QED) is 0.668. The third-order valence-electron chi connectivity index (χ3n) is 3.19. The van der Waals surface area contributed by atoms with Crippen LogP contribution < -0.4 is 11.3 Å². The Kier molecular flexibility index (Phi) is 4.29. The predicted octanol–water partition coefficient (Wildman–Crippen LogP) is 2.95. The molecule has 0 fully saturated rings. The molecule has 0 aliphatic heterocycles. The first-order valence-electron chi connectivity index (χ1n) is 6.16. The van der Waals surface area contributed by atoms with E-state index in [1.807, 2.05) is 26.8 Å². The highest BCUT2D eigenvalue weighted by atomic mass is 32.1. The molecule has 0 spiro atoms. The van der Waals surface area contributed by atoms with Crippen LogP contribution in [0.15, 0.2) is 18.2 Å². The molecule has 2 aromatic rings. The number of nitrogens with one attached hydrogen (secondary N) is 1. The number of hydrogen-bond donors (Lipinski definition) is 2. The molecule has 3 N–H and O–H groups in total. The Morgan fingerprint density at radius 1 is 1.37 bits per heavy atom. The molecular weight excluding hydrogens is 261 g/mol. The first-order valence-corrected chi connectivity index (χ1v) is 6.98. The molecule has 3 nitrogen and oxygen atoms in total. The van der Waals surface area contributed by atoms with Gasteiger partial charge in [0.2, 0.25) is 0 Å². The predicted molar refractivity (Wildman–Crippen MR) is 76.5 cm³/mol. The molecule has 19 heavy (non-hydrogen) atoms. The monoisotopic (exact) mass is 279 g/mol. The van der Waals surface area contributed by atoms with Crippen molar-refractivity contribution in [3.8, 4) is 0 Å². The summed E-state index contributed by atoms with van der Waals surface area (Å²) in [5.41, 5.74) is 5.88. The zero-order chi connectivity index (χ0) is 14.0. The molecule has 0 amide bonds. The number of nitrogens with zero attached hydrogens (tertiary/aromatic N) is 1. The Morgan fingerprint density at radius 3 is 2.63 bits per heavy atom. The van der Waals surface area contributed by atoms with E-state index in [0.29, 0.717) is 0 Å². The topological polar surface area (TPSA) is 50.9 Å². The van der Waals surface area contributed by atoms with E-state index in [9.17, 15) is 4.39 Å². The number of benzene rings is 1. The van der Waals surface area contributed by atoms with E-state index >= 15 is 0 Å². The standard InChI is InChI=1S/C14H18FN3S/c1-8-6-12(15)5-4-11(8)7-13(18-16)14-9(2)17-10(3)19-14/h4-6,13,18H,7,16H2,1-3H3. The molecule has 1 aromatic heterocycles. The van der Waals surface area contributed by atoms with Crippen molar-refractivity contribution in [3.05, 3.63) is 50.7 Å². The summed E-state index contributed by atoms with van der Waals surface area (Å²) in [6, 6.07) is 4.86. The van der Waals surface area contributed by atoms with Crippen molar-refractivity contribution in [1.29, 1.82) is 0 Å². The maximum absolute atomic E-state index is 13.1. The molecule has 0 bridgehead atoms. The molecule has 1 unspecified atom stereocenters. The van der Waals surface area contributed by atoms with Crippen LogP contribution in [0.4, 0.5) is 4.39 Å². The zero-order valence-corrected chi connectivity index (χ0v) is 12.1. The number of rotatable bonds is 4. The van der Waals surface area contributed by atoms with Crippen LogP contribution in [-0.4, -0.2) is 4.98 Å². The second-order valence-electron chi connectivity index (χ2n) is 4.68. The SMILES string of the molecule is Cc1nc(C)c(C(Cc2ccc(F)cc2C)NN)s1. The second-order valence-corrected chi connectivity index (χ2v) is 5.91. The number of halogens is 1. The van der Waals surface area contributed by atoms with Gasteiger partial charge in [-0.1, -0.05) is 6.07 Å². The highest BCUT2D eigenvalue weighted by molar-refractivity contribution is 7.11. The Hall–Kier alpha value is -1.30. The van der Waals surface area contributed by atoms with Crippen LogP contribution in [0, 0.1) is 26.6 Å². The van der Waals surface area contributed by atoms with Gasteiger partial charge in [0, 0.05) is 4.88 Å². The fraction of sp³-hybridized carbons (Fsp3) is 0.357. The summed E-state index contributed by atoms with van der Waals surface area (Å²) in [6.45, 7) is 5.88. The van der Waals surface area contributed by atoms with Crippen LogP contribution in [-0.2, 0) is 6.42 Å². The molecule has 0 saturated carbocycles. The van der Waals surface area contributed by atoms with Crippen LogP contribution in [0.5, 0.6) is 0 Å². The van der Waals surface area contributed by atoms with Gasteiger partial charge in [-0.15, -0.1) is 11.3 Å². The lowest BCUT2D eigenvalue weighted by atomic mass is 10.00. The summed E-state index contributed by atoms with van der Waals surface area (Å²) >= 11 is 1.65. The molecule has 2 rings (SSSR count). The van der Waals surface area contributed by atoms with Crippen LogP contribution >= 0.6 is 11.3 Å². The summed E-state index contributed by atoms with van der Waals surface area (Å²) in [5.74, 6) is 5.46. The van der Waals surface area contributed by atoms with E-state index in [0.717, 1.165) is 33.1 Å². The Morgan fingerprint density at radius 2 is 2.11 bits per heavy atom. The minimum atomic E-state index is -0.205. The number of nitrogens with two attached hydrogens (primary N) is 1. The lowest BCUT2D eigenvalue weighted by molar-refractivity contribution is 0.554. The lowest BCUT2D eigenvalue weighted by Crippen LogP contribution is -2.29. The lowest BCUT2D eigenvalue weighted by Gasteiger charge is -2.16. The highest BCUT2D eigenvalue weighted by Crippen LogP contribution is 2.27. The molecule has 0 saturated heterocycles. The largest absolute Gasteiger partial charge is 0.271 e. The molecule has 102 valence electrons. The highest BCUT2D eigenvalue weighted by Gasteiger charge is 2.17. The van der Waals surface area contributed by atoms with Gasteiger partial charge in [-0.25, -0.2) is 9.37 Å². The van der Waals surface area contributed by atoms with Crippen molar-refractivity contribution in [2.75, 3.05) is 0 Å². The van der Waals surface area contributed by atoms with Crippen molar-refractivity contribution >= 4 is 11.3 Å². The van der Waals surface area contributed by atoms with Crippen molar-refractivity contribution in [3.63, 3.8) is 0 Å². The van der Waals surface area contributed by atoms with Crippen molar-refractivity contribution in [1.82, 2.24) is 10.4 Å². The number of hydrogen-bond acceptors (Lipinski definition) is 4. The second kappa shape index (κ2) is 5.77.